The third-order valence-corrected chi connectivity index (χ3v) is 3.74. The molecule has 0 spiro atoms. The Kier molecular flexibility index (Phi) is 2.61. The van der Waals surface area contributed by atoms with Crippen molar-refractivity contribution in [3.63, 3.8) is 0 Å². The summed E-state index contributed by atoms with van der Waals surface area (Å²) in [6.45, 7) is 0. The second kappa shape index (κ2) is 4.60. The number of fused-ring (bicyclic) bond motifs is 2. The molecule has 0 fully saturated rings. The molecule has 3 aromatic carbocycles. The summed E-state index contributed by atoms with van der Waals surface area (Å²) in [6.07, 6.45) is 0. The van der Waals surface area contributed by atoms with Crippen LogP contribution in [0.4, 0.5) is 0 Å². The number of aromatic hydroxyl groups is 1. The Hall–Kier alpha value is -2.87. The predicted molar refractivity (Wildman–Crippen MR) is 86.3 cm³/mol. The number of aromatic nitrogens is 1. The van der Waals surface area contributed by atoms with Gasteiger partial charge in [0.25, 0.3) is 0 Å². The normalized spacial score (nSPS) is 11.0. The standard InChI is InChI=1S/C19H13NO/c21-19-12-18(20-17-8-4-3-7-16(17)19)15-10-9-13-5-1-2-6-14(13)11-15/h1-12H,(H,20,21). The van der Waals surface area contributed by atoms with Crippen LogP contribution in [0.1, 0.15) is 0 Å². The maximum absolute atomic E-state index is 10.2. The van der Waals surface area contributed by atoms with E-state index in [4.69, 9.17) is 0 Å². The molecule has 0 unspecified atom stereocenters. The molecule has 0 atom stereocenters. The molecule has 0 saturated carbocycles. The number of hydrogen-bond donors (Lipinski definition) is 1. The summed E-state index contributed by atoms with van der Waals surface area (Å²) in [4.78, 5) is 4.65. The van der Waals surface area contributed by atoms with Crippen molar-refractivity contribution in [3.8, 4) is 17.0 Å². The molecule has 2 heteroatoms. The molecule has 2 nitrogen and oxygen atoms in total. The van der Waals surface area contributed by atoms with Gasteiger partial charge < -0.3 is 5.11 Å². The average molecular weight is 271 g/mol. The highest BCUT2D eigenvalue weighted by molar-refractivity contribution is 5.90. The maximum atomic E-state index is 10.2. The van der Waals surface area contributed by atoms with E-state index in [2.05, 4.69) is 29.2 Å². The molecule has 0 aliphatic heterocycles. The molecule has 0 bridgehead atoms. The molecule has 0 aliphatic rings. The molecular weight excluding hydrogens is 258 g/mol. The van der Waals surface area contributed by atoms with Crippen molar-refractivity contribution in [1.82, 2.24) is 4.98 Å². The van der Waals surface area contributed by atoms with E-state index < -0.39 is 0 Å². The topological polar surface area (TPSA) is 33.1 Å². The minimum Gasteiger partial charge on any atom is -0.507 e. The van der Waals surface area contributed by atoms with E-state index in [-0.39, 0.29) is 5.75 Å². The van der Waals surface area contributed by atoms with Crippen molar-refractivity contribution in [2.45, 2.75) is 0 Å². The summed E-state index contributed by atoms with van der Waals surface area (Å²) >= 11 is 0. The monoisotopic (exact) mass is 271 g/mol. The summed E-state index contributed by atoms with van der Waals surface area (Å²) < 4.78 is 0. The van der Waals surface area contributed by atoms with E-state index >= 15 is 0 Å². The summed E-state index contributed by atoms with van der Waals surface area (Å²) in [6, 6.07) is 23.8. The van der Waals surface area contributed by atoms with Crippen LogP contribution in [0.2, 0.25) is 0 Å². The van der Waals surface area contributed by atoms with Gasteiger partial charge in [0.1, 0.15) is 5.75 Å². The van der Waals surface area contributed by atoms with E-state index in [1.165, 1.54) is 10.8 Å². The molecule has 4 aromatic rings. The molecule has 1 aromatic heterocycles. The molecule has 4 rings (SSSR count). The van der Waals surface area contributed by atoms with Crippen molar-refractivity contribution in [2.24, 2.45) is 0 Å². The van der Waals surface area contributed by atoms with Gasteiger partial charge in [-0.1, -0.05) is 48.5 Å². The zero-order valence-electron chi connectivity index (χ0n) is 11.3. The van der Waals surface area contributed by atoms with Crippen LogP contribution < -0.4 is 0 Å². The third-order valence-electron chi connectivity index (χ3n) is 3.74. The first-order chi connectivity index (χ1) is 10.3. The summed E-state index contributed by atoms with van der Waals surface area (Å²) in [5.41, 5.74) is 2.60. The van der Waals surface area contributed by atoms with E-state index in [9.17, 15) is 5.11 Å². The highest BCUT2D eigenvalue weighted by atomic mass is 16.3. The van der Waals surface area contributed by atoms with Gasteiger partial charge in [-0.25, -0.2) is 4.98 Å². The highest BCUT2D eigenvalue weighted by Crippen LogP contribution is 2.30. The highest BCUT2D eigenvalue weighted by Gasteiger charge is 2.06. The van der Waals surface area contributed by atoms with Crippen molar-refractivity contribution in [1.29, 1.82) is 0 Å². The Morgan fingerprint density at radius 2 is 1.48 bits per heavy atom. The minimum absolute atomic E-state index is 0.267. The van der Waals surface area contributed by atoms with E-state index in [1.54, 1.807) is 6.07 Å². The molecule has 1 heterocycles. The minimum atomic E-state index is 0.267. The fourth-order valence-corrected chi connectivity index (χ4v) is 2.65. The number of hydrogen-bond acceptors (Lipinski definition) is 2. The van der Waals surface area contributed by atoms with Crippen LogP contribution >= 0.6 is 0 Å². The molecule has 21 heavy (non-hydrogen) atoms. The number of rotatable bonds is 1. The lowest BCUT2D eigenvalue weighted by molar-refractivity contribution is 0.481. The summed E-state index contributed by atoms with van der Waals surface area (Å²) in [7, 11) is 0. The molecule has 0 radical (unpaired) electrons. The third kappa shape index (κ3) is 2.01. The van der Waals surface area contributed by atoms with Crippen LogP contribution in [0.3, 0.4) is 0 Å². The number of benzene rings is 3. The fraction of sp³-hybridized carbons (Fsp3) is 0. The van der Waals surface area contributed by atoms with Gasteiger partial charge in [0.15, 0.2) is 0 Å². The molecule has 0 aliphatic carbocycles. The first-order valence-electron chi connectivity index (χ1n) is 6.89. The van der Waals surface area contributed by atoms with E-state index in [0.29, 0.717) is 0 Å². The summed E-state index contributed by atoms with van der Waals surface area (Å²) in [5, 5.41) is 13.3. The Morgan fingerprint density at radius 3 is 2.38 bits per heavy atom. The lowest BCUT2D eigenvalue weighted by atomic mass is 10.0. The lowest BCUT2D eigenvalue weighted by Crippen LogP contribution is -1.86. The van der Waals surface area contributed by atoms with Crippen molar-refractivity contribution >= 4 is 21.7 Å². The van der Waals surface area contributed by atoms with Gasteiger partial charge in [-0.2, -0.15) is 0 Å². The van der Waals surface area contributed by atoms with Crippen LogP contribution in [-0.4, -0.2) is 10.1 Å². The predicted octanol–water partition coefficient (Wildman–Crippen LogP) is 4.76. The zero-order valence-corrected chi connectivity index (χ0v) is 11.3. The van der Waals surface area contributed by atoms with Gasteiger partial charge in [0.2, 0.25) is 0 Å². The van der Waals surface area contributed by atoms with Crippen molar-refractivity contribution < 1.29 is 5.11 Å². The second-order valence-corrected chi connectivity index (χ2v) is 5.11. The Labute approximate surface area is 122 Å². The number of pyridine rings is 1. The number of nitrogens with zero attached hydrogens (tertiary/aromatic N) is 1. The second-order valence-electron chi connectivity index (χ2n) is 5.11. The van der Waals surface area contributed by atoms with Gasteiger partial charge in [-0.05, 0) is 29.0 Å². The van der Waals surface area contributed by atoms with Gasteiger partial charge in [0.05, 0.1) is 11.2 Å². The smallest absolute Gasteiger partial charge is 0.127 e. The average Bonchev–Trinajstić information content (AvgIpc) is 2.54. The quantitative estimate of drug-likeness (QED) is 0.541. The van der Waals surface area contributed by atoms with E-state index in [0.717, 1.165) is 22.2 Å². The van der Waals surface area contributed by atoms with Crippen LogP contribution in [0.25, 0.3) is 32.9 Å². The Bertz CT molecular complexity index is 960. The lowest BCUT2D eigenvalue weighted by Gasteiger charge is -2.07. The maximum Gasteiger partial charge on any atom is 0.127 e. The zero-order chi connectivity index (χ0) is 14.2. The Balaban J connectivity index is 1.95. The molecule has 0 amide bonds. The first-order valence-corrected chi connectivity index (χ1v) is 6.89. The van der Waals surface area contributed by atoms with Crippen LogP contribution in [-0.2, 0) is 0 Å². The van der Waals surface area contributed by atoms with Crippen molar-refractivity contribution in [3.05, 3.63) is 72.8 Å². The van der Waals surface area contributed by atoms with Gasteiger partial charge in [-0.15, -0.1) is 0 Å². The fourth-order valence-electron chi connectivity index (χ4n) is 2.65. The Morgan fingerprint density at radius 1 is 0.714 bits per heavy atom. The largest absolute Gasteiger partial charge is 0.507 e. The van der Waals surface area contributed by atoms with Crippen LogP contribution in [0.5, 0.6) is 5.75 Å². The SMILES string of the molecule is Oc1cc(-c2ccc3ccccc3c2)nc2ccccc12. The molecule has 0 saturated heterocycles. The first kappa shape index (κ1) is 11.9. The molecule has 1 N–H and O–H groups in total. The van der Waals surface area contributed by atoms with Crippen molar-refractivity contribution in [2.75, 3.05) is 0 Å². The number of para-hydroxylation sites is 1. The molecular formula is C19H13NO. The van der Waals surface area contributed by atoms with Gasteiger partial charge >= 0.3 is 0 Å². The summed E-state index contributed by atoms with van der Waals surface area (Å²) in [5.74, 6) is 0.267. The van der Waals surface area contributed by atoms with Gasteiger partial charge in [0, 0.05) is 17.0 Å². The van der Waals surface area contributed by atoms with Crippen LogP contribution in [0.15, 0.2) is 72.8 Å². The molecule has 100 valence electrons. The van der Waals surface area contributed by atoms with E-state index in [1.807, 2.05) is 42.5 Å². The van der Waals surface area contributed by atoms with Crippen LogP contribution in [0, 0.1) is 0 Å². The van der Waals surface area contributed by atoms with Gasteiger partial charge in [-0.3, -0.25) is 0 Å².